The lowest BCUT2D eigenvalue weighted by molar-refractivity contribution is -0.119. The van der Waals surface area contributed by atoms with Crippen molar-refractivity contribution in [1.29, 1.82) is 0 Å². The minimum atomic E-state index is -0.270. The molecule has 1 unspecified atom stereocenters. The van der Waals surface area contributed by atoms with Crippen LogP contribution in [0, 0.1) is 5.92 Å². The molecule has 3 aromatic heterocycles. The molecule has 0 radical (unpaired) electrons. The fraction of sp³-hybridized carbons (Fsp3) is 0.312. The number of nitrogens with zero attached hydrogens (tertiary/aromatic N) is 3. The van der Waals surface area contributed by atoms with Gasteiger partial charge in [-0.15, -0.1) is 16.4 Å². The number of carbonyl (C=O) groups excluding carboxylic acids is 1. The lowest BCUT2D eigenvalue weighted by atomic mass is 10.0. The fourth-order valence-corrected chi connectivity index (χ4v) is 3.06. The quantitative estimate of drug-likeness (QED) is 0.726. The van der Waals surface area contributed by atoms with Crippen LogP contribution in [0.3, 0.4) is 0 Å². The van der Waals surface area contributed by atoms with E-state index in [4.69, 9.17) is 0 Å². The summed E-state index contributed by atoms with van der Waals surface area (Å²) in [5.74, 6) is 1.27. The van der Waals surface area contributed by atoms with Gasteiger partial charge < -0.3 is 4.57 Å². The molecule has 3 rings (SSSR count). The van der Waals surface area contributed by atoms with E-state index in [0.29, 0.717) is 17.7 Å². The second kappa shape index (κ2) is 6.78. The molecule has 0 aliphatic heterocycles. The number of nitrogens with one attached hydrogen (secondary N) is 2. The Balaban J connectivity index is 1.74. The number of hydrogen-bond donors (Lipinski definition) is 2. The number of amides is 1. The molecule has 0 aliphatic rings. The van der Waals surface area contributed by atoms with Gasteiger partial charge in [0, 0.05) is 12.4 Å². The van der Waals surface area contributed by atoms with Gasteiger partial charge >= 0.3 is 0 Å². The van der Waals surface area contributed by atoms with Gasteiger partial charge in [-0.2, -0.15) is 4.98 Å². The van der Waals surface area contributed by atoms with E-state index in [1.165, 1.54) is 0 Å². The maximum absolute atomic E-state index is 12.6. The van der Waals surface area contributed by atoms with E-state index < -0.39 is 0 Å². The van der Waals surface area contributed by atoms with E-state index >= 15 is 0 Å². The summed E-state index contributed by atoms with van der Waals surface area (Å²) in [4.78, 5) is 17.9. The Hall–Kier alpha value is -2.41. The third kappa shape index (κ3) is 3.68. The first-order chi connectivity index (χ1) is 11.1. The van der Waals surface area contributed by atoms with Crippen LogP contribution in [0.4, 0.5) is 5.95 Å². The van der Waals surface area contributed by atoms with Crippen molar-refractivity contribution in [3.05, 3.63) is 42.0 Å². The van der Waals surface area contributed by atoms with E-state index in [-0.39, 0.29) is 11.9 Å². The van der Waals surface area contributed by atoms with Crippen molar-refractivity contribution >= 4 is 23.2 Å². The number of anilines is 1. The summed E-state index contributed by atoms with van der Waals surface area (Å²) in [6.45, 7) is 4.21. The second-order valence-corrected chi connectivity index (χ2v) is 6.70. The van der Waals surface area contributed by atoms with Crippen molar-refractivity contribution < 1.29 is 4.79 Å². The van der Waals surface area contributed by atoms with Crippen LogP contribution < -0.4 is 5.32 Å². The van der Waals surface area contributed by atoms with E-state index in [9.17, 15) is 4.79 Å². The van der Waals surface area contributed by atoms with E-state index in [1.54, 1.807) is 11.3 Å². The monoisotopic (exact) mass is 329 g/mol. The molecule has 0 bridgehead atoms. The summed E-state index contributed by atoms with van der Waals surface area (Å²) in [6.07, 6.45) is 4.56. The first-order valence-corrected chi connectivity index (χ1v) is 8.41. The van der Waals surface area contributed by atoms with E-state index in [0.717, 1.165) is 11.3 Å². The van der Waals surface area contributed by atoms with Gasteiger partial charge in [-0.3, -0.25) is 15.2 Å². The number of H-pyrrole nitrogens is 1. The number of carbonyl (C=O) groups is 1. The average molecular weight is 329 g/mol. The van der Waals surface area contributed by atoms with Gasteiger partial charge in [0.1, 0.15) is 6.04 Å². The maximum atomic E-state index is 12.6. The largest absolute Gasteiger partial charge is 0.342 e. The van der Waals surface area contributed by atoms with Gasteiger partial charge in [-0.25, -0.2) is 0 Å². The first-order valence-electron chi connectivity index (χ1n) is 7.53. The molecule has 1 atom stereocenters. The zero-order chi connectivity index (χ0) is 16.2. The van der Waals surface area contributed by atoms with Crippen LogP contribution in [0.25, 0.3) is 10.7 Å². The van der Waals surface area contributed by atoms with Crippen LogP contribution >= 0.6 is 11.3 Å². The minimum absolute atomic E-state index is 0.105. The molecular weight excluding hydrogens is 310 g/mol. The van der Waals surface area contributed by atoms with Crippen molar-refractivity contribution in [1.82, 2.24) is 19.7 Å². The average Bonchev–Trinajstić information content (AvgIpc) is 3.25. The van der Waals surface area contributed by atoms with Crippen molar-refractivity contribution in [3.63, 3.8) is 0 Å². The number of aromatic amines is 1. The zero-order valence-corrected chi connectivity index (χ0v) is 13.9. The van der Waals surface area contributed by atoms with Gasteiger partial charge in [0.2, 0.25) is 11.9 Å². The minimum Gasteiger partial charge on any atom is -0.342 e. The van der Waals surface area contributed by atoms with E-state index in [2.05, 4.69) is 34.3 Å². The molecule has 1 amide bonds. The first kappa shape index (κ1) is 15.5. The van der Waals surface area contributed by atoms with Crippen LogP contribution in [0.15, 0.2) is 42.0 Å². The van der Waals surface area contributed by atoms with Crippen molar-refractivity contribution in [2.75, 3.05) is 5.32 Å². The lowest BCUT2D eigenvalue weighted by Crippen LogP contribution is -2.27. The Kier molecular flexibility index (Phi) is 4.57. The number of thiophene rings is 1. The van der Waals surface area contributed by atoms with Gasteiger partial charge in [-0.1, -0.05) is 19.9 Å². The summed E-state index contributed by atoms with van der Waals surface area (Å²) in [6, 6.07) is 7.47. The molecule has 3 heterocycles. The molecule has 3 aromatic rings. The summed E-state index contributed by atoms with van der Waals surface area (Å²) in [7, 11) is 0. The maximum Gasteiger partial charge on any atom is 0.249 e. The van der Waals surface area contributed by atoms with Crippen LogP contribution in [0.5, 0.6) is 0 Å². The molecule has 0 aromatic carbocycles. The molecule has 0 fully saturated rings. The molecule has 120 valence electrons. The van der Waals surface area contributed by atoms with Crippen LogP contribution in [0.2, 0.25) is 0 Å². The highest BCUT2D eigenvalue weighted by Crippen LogP contribution is 2.23. The highest BCUT2D eigenvalue weighted by Gasteiger charge is 2.22. The van der Waals surface area contributed by atoms with Crippen molar-refractivity contribution in [2.24, 2.45) is 5.92 Å². The Morgan fingerprint density at radius 3 is 2.78 bits per heavy atom. The zero-order valence-electron chi connectivity index (χ0n) is 13.1. The Labute approximate surface area is 138 Å². The molecule has 0 spiro atoms. The standard InChI is InChI=1S/C16H19N5OS/c1-11(2)10-12(21-7-3-4-8-21)15(22)18-16-17-14(19-20-16)13-6-5-9-23-13/h3-9,11-12H,10H2,1-2H3,(H2,17,18,19,20,22). The highest BCUT2D eigenvalue weighted by molar-refractivity contribution is 7.13. The summed E-state index contributed by atoms with van der Waals surface area (Å²) in [5.41, 5.74) is 0. The van der Waals surface area contributed by atoms with Crippen molar-refractivity contribution in [3.8, 4) is 10.7 Å². The van der Waals surface area contributed by atoms with Crippen molar-refractivity contribution in [2.45, 2.75) is 26.3 Å². The lowest BCUT2D eigenvalue weighted by Gasteiger charge is -2.19. The van der Waals surface area contributed by atoms with Gasteiger partial charge in [0.05, 0.1) is 4.88 Å². The predicted octanol–water partition coefficient (Wildman–Crippen LogP) is 3.56. The van der Waals surface area contributed by atoms with Gasteiger partial charge in [-0.05, 0) is 35.9 Å². The summed E-state index contributed by atoms with van der Waals surface area (Å²) in [5, 5.41) is 11.7. The smallest absolute Gasteiger partial charge is 0.249 e. The predicted molar refractivity (Wildman–Crippen MR) is 91.2 cm³/mol. The van der Waals surface area contributed by atoms with Gasteiger partial charge in [0.25, 0.3) is 0 Å². The molecular formula is C16H19N5OS. The molecule has 23 heavy (non-hydrogen) atoms. The summed E-state index contributed by atoms with van der Waals surface area (Å²) >= 11 is 1.57. The third-order valence-corrected chi connectivity index (χ3v) is 4.34. The summed E-state index contributed by atoms with van der Waals surface area (Å²) < 4.78 is 1.92. The fourth-order valence-electron chi connectivity index (χ4n) is 2.40. The molecule has 2 N–H and O–H groups in total. The number of aromatic nitrogens is 4. The van der Waals surface area contributed by atoms with Gasteiger partial charge in [0.15, 0.2) is 5.82 Å². The Bertz CT molecular complexity index is 745. The topological polar surface area (TPSA) is 75.6 Å². The highest BCUT2D eigenvalue weighted by atomic mass is 32.1. The third-order valence-electron chi connectivity index (χ3n) is 3.46. The van der Waals surface area contributed by atoms with Crippen LogP contribution in [0.1, 0.15) is 26.3 Å². The molecule has 6 nitrogen and oxygen atoms in total. The molecule has 0 saturated carbocycles. The second-order valence-electron chi connectivity index (χ2n) is 5.75. The normalized spacial score (nSPS) is 12.5. The Morgan fingerprint density at radius 1 is 1.35 bits per heavy atom. The van der Waals surface area contributed by atoms with Crippen LogP contribution in [-0.4, -0.2) is 25.7 Å². The SMILES string of the molecule is CC(C)CC(C(=O)Nc1n[nH]c(-c2cccs2)n1)n1cccc1. The molecule has 0 aliphatic carbocycles. The Morgan fingerprint density at radius 2 is 2.13 bits per heavy atom. The number of hydrogen-bond acceptors (Lipinski definition) is 4. The molecule has 7 heteroatoms. The number of rotatable bonds is 6. The van der Waals surface area contributed by atoms with Crippen LogP contribution in [-0.2, 0) is 4.79 Å². The molecule has 0 saturated heterocycles. The van der Waals surface area contributed by atoms with E-state index in [1.807, 2.05) is 46.6 Å².